The van der Waals surface area contributed by atoms with E-state index in [1.807, 2.05) is 0 Å². The van der Waals surface area contributed by atoms with Crippen LogP contribution in [0.1, 0.15) is 71.1 Å². The molecule has 1 unspecified atom stereocenters. The van der Waals surface area contributed by atoms with Crippen LogP contribution in [0.25, 0.3) is 0 Å². The summed E-state index contributed by atoms with van der Waals surface area (Å²) in [4.78, 5) is 0. The van der Waals surface area contributed by atoms with Crippen LogP contribution < -0.4 is 5.73 Å². The molecule has 0 aliphatic heterocycles. The van der Waals surface area contributed by atoms with E-state index in [1.54, 1.807) is 0 Å². The van der Waals surface area contributed by atoms with E-state index < -0.39 is 0 Å². The van der Waals surface area contributed by atoms with Crippen LogP contribution in [0.5, 0.6) is 0 Å². The van der Waals surface area contributed by atoms with Crippen molar-refractivity contribution in [1.82, 2.24) is 0 Å². The Morgan fingerprint density at radius 2 is 1.71 bits per heavy atom. The Bertz CT molecular complexity index is 166. The zero-order chi connectivity index (χ0) is 12.3. The SMILES string of the molecule is CCCCCCCCOCC(N)C1CCCC1. The van der Waals surface area contributed by atoms with Crippen molar-refractivity contribution in [2.75, 3.05) is 13.2 Å². The molecule has 102 valence electrons. The maximum absolute atomic E-state index is 6.13. The Kier molecular flexibility index (Phi) is 8.72. The van der Waals surface area contributed by atoms with Gasteiger partial charge in [0.15, 0.2) is 0 Å². The highest BCUT2D eigenvalue weighted by Gasteiger charge is 2.21. The number of hydrogen-bond acceptors (Lipinski definition) is 2. The van der Waals surface area contributed by atoms with Crippen molar-refractivity contribution in [1.29, 1.82) is 0 Å². The number of ether oxygens (including phenoxy) is 1. The predicted molar refractivity (Wildman–Crippen MR) is 74.1 cm³/mol. The van der Waals surface area contributed by atoms with Gasteiger partial charge in [0.05, 0.1) is 6.61 Å². The molecule has 1 atom stereocenters. The topological polar surface area (TPSA) is 35.2 Å². The van der Waals surface area contributed by atoms with Crippen LogP contribution in [-0.2, 0) is 4.74 Å². The highest BCUT2D eigenvalue weighted by Crippen LogP contribution is 2.26. The van der Waals surface area contributed by atoms with Crippen LogP contribution in [-0.4, -0.2) is 19.3 Å². The minimum absolute atomic E-state index is 0.289. The lowest BCUT2D eigenvalue weighted by Gasteiger charge is -2.18. The first-order valence-electron chi connectivity index (χ1n) is 7.68. The van der Waals surface area contributed by atoms with E-state index in [1.165, 1.54) is 64.2 Å². The van der Waals surface area contributed by atoms with Crippen molar-refractivity contribution >= 4 is 0 Å². The Morgan fingerprint density at radius 1 is 1.06 bits per heavy atom. The fraction of sp³-hybridized carbons (Fsp3) is 1.00. The van der Waals surface area contributed by atoms with Crippen molar-refractivity contribution < 1.29 is 4.74 Å². The average molecular weight is 241 g/mol. The molecule has 0 bridgehead atoms. The summed E-state index contributed by atoms with van der Waals surface area (Å²) in [5.74, 6) is 0.736. The zero-order valence-electron chi connectivity index (χ0n) is 11.6. The molecular formula is C15H31NO. The third-order valence-corrected chi connectivity index (χ3v) is 3.96. The summed E-state index contributed by atoms with van der Waals surface area (Å²) in [6.45, 7) is 3.94. The molecular weight excluding hydrogens is 210 g/mol. The second-order valence-corrected chi connectivity index (χ2v) is 5.55. The first-order valence-corrected chi connectivity index (χ1v) is 7.68. The molecule has 0 aromatic carbocycles. The summed E-state index contributed by atoms with van der Waals surface area (Å²) in [5.41, 5.74) is 6.13. The highest BCUT2D eigenvalue weighted by molar-refractivity contribution is 4.77. The highest BCUT2D eigenvalue weighted by atomic mass is 16.5. The Hall–Kier alpha value is -0.0800. The van der Waals surface area contributed by atoms with Gasteiger partial charge in [0.2, 0.25) is 0 Å². The standard InChI is InChI=1S/C15H31NO/c1-2-3-4-5-6-9-12-17-13-15(16)14-10-7-8-11-14/h14-15H,2-13,16H2,1H3. The number of unbranched alkanes of at least 4 members (excludes halogenated alkanes) is 5. The van der Waals surface area contributed by atoms with Gasteiger partial charge in [-0.15, -0.1) is 0 Å². The molecule has 1 aliphatic rings. The van der Waals surface area contributed by atoms with Crippen molar-refractivity contribution in [3.05, 3.63) is 0 Å². The summed E-state index contributed by atoms with van der Waals surface area (Å²) in [6, 6.07) is 0.289. The normalized spacial score (nSPS) is 18.7. The molecule has 0 aromatic rings. The fourth-order valence-electron chi connectivity index (χ4n) is 2.73. The van der Waals surface area contributed by atoms with E-state index in [2.05, 4.69) is 6.92 Å². The monoisotopic (exact) mass is 241 g/mol. The quantitative estimate of drug-likeness (QED) is 0.589. The van der Waals surface area contributed by atoms with Crippen LogP contribution in [0, 0.1) is 5.92 Å². The van der Waals surface area contributed by atoms with Gasteiger partial charge >= 0.3 is 0 Å². The van der Waals surface area contributed by atoms with Crippen molar-refractivity contribution in [3.63, 3.8) is 0 Å². The van der Waals surface area contributed by atoms with E-state index in [0.717, 1.165) is 19.1 Å². The first kappa shape index (κ1) is 15.0. The minimum Gasteiger partial charge on any atom is -0.380 e. The van der Waals surface area contributed by atoms with Crippen LogP contribution in [0.2, 0.25) is 0 Å². The molecule has 2 nitrogen and oxygen atoms in total. The smallest absolute Gasteiger partial charge is 0.0620 e. The van der Waals surface area contributed by atoms with E-state index in [-0.39, 0.29) is 6.04 Å². The second-order valence-electron chi connectivity index (χ2n) is 5.55. The zero-order valence-corrected chi connectivity index (χ0v) is 11.6. The van der Waals surface area contributed by atoms with Crippen molar-refractivity contribution in [3.8, 4) is 0 Å². The molecule has 1 aliphatic carbocycles. The Morgan fingerprint density at radius 3 is 2.41 bits per heavy atom. The molecule has 1 saturated carbocycles. The molecule has 2 heteroatoms. The summed E-state index contributed by atoms with van der Waals surface area (Å²) in [7, 11) is 0. The lowest BCUT2D eigenvalue weighted by Crippen LogP contribution is -2.33. The predicted octanol–water partition coefficient (Wildman–Crippen LogP) is 3.88. The van der Waals surface area contributed by atoms with Crippen LogP contribution in [0.15, 0.2) is 0 Å². The van der Waals surface area contributed by atoms with Gasteiger partial charge in [-0.3, -0.25) is 0 Å². The molecule has 0 aromatic heterocycles. The summed E-state index contributed by atoms with van der Waals surface area (Å²) >= 11 is 0. The molecule has 17 heavy (non-hydrogen) atoms. The lowest BCUT2D eigenvalue weighted by atomic mass is 10.00. The van der Waals surface area contributed by atoms with E-state index >= 15 is 0 Å². The van der Waals surface area contributed by atoms with E-state index in [9.17, 15) is 0 Å². The van der Waals surface area contributed by atoms with Gasteiger partial charge in [-0.25, -0.2) is 0 Å². The van der Waals surface area contributed by atoms with Gasteiger partial charge in [-0.05, 0) is 25.2 Å². The third kappa shape index (κ3) is 7.05. The van der Waals surface area contributed by atoms with Gasteiger partial charge in [0, 0.05) is 12.6 Å². The summed E-state index contributed by atoms with van der Waals surface area (Å²) in [5, 5.41) is 0. The lowest BCUT2D eigenvalue weighted by molar-refractivity contribution is 0.102. The maximum atomic E-state index is 6.13. The largest absolute Gasteiger partial charge is 0.380 e. The number of nitrogens with two attached hydrogens (primary N) is 1. The molecule has 0 radical (unpaired) electrons. The molecule has 0 saturated heterocycles. The van der Waals surface area contributed by atoms with Gasteiger partial charge in [-0.2, -0.15) is 0 Å². The van der Waals surface area contributed by atoms with Gasteiger partial charge in [-0.1, -0.05) is 51.9 Å². The third-order valence-electron chi connectivity index (χ3n) is 3.96. The number of rotatable bonds is 10. The van der Waals surface area contributed by atoms with E-state index in [0.29, 0.717) is 0 Å². The Labute approximate surface area is 107 Å². The van der Waals surface area contributed by atoms with Crippen LogP contribution in [0.4, 0.5) is 0 Å². The van der Waals surface area contributed by atoms with Gasteiger partial charge in [0.25, 0.3) is 0 Å². The first-order chi connectivity index (χ1) is 8.34. The fourth-order valence-corrected chi connectivity index (χ4v) is 2.73. The summed E-state index contributed by atoms with van der Waals surface area (Å²) < 4.78 is 5.69. The minimum atomic E-state index is 0.289. The Balaban J connectivity index is 1.83. The molecule has 0 heterocycles. The van der Waals surface area contributed by atoms with Crippen molar-refractivity contribution in [2.24, 2.45) is 11.7 Å². The second kappa shape index (κ2) is 9.90. The average Bonchev–Trinajstić information content (AvgIpc) is 2.86. The molecule has 2 N–H and O–H groups in total. The van der Waals surface area contributed by atoms with Crippen molar-refractivity contribution in [2.45, 2.75) is 77.2 Å². The maximum Gasteiger partial charge on any atom is 0.0620 e. The van der Waals surface area contributed by atoms with Gasteiger partial charge in [0.1, 0.15) is 0 Å². The van der Waals surface area contributed by atoms with Crippen LogP contribution in [0.3, 0.4) is 0 Å². The van der Waals surface area contributed by atoms with E-state index in [4.69, 9.17) is 10.5 Å². The molecule has 1 rings (SSSR count). The molecule has 0 amide bonds. The number of hydrogen-bond donors (Lipinski definition) is 1. The van der Waals surface area contributed by atoms with Crippen LogP contribution >= 0.6 is 0 Å². The molecule has 0 spiro atoms. The molecule has 1 fully saturated rings. The summed E-state index contributed by atoms with van der Waals surface area (Å²) in [6.07, 6.45) is 13.4. The van der Waals surface area contributed by atoms with Gasteiger partial charge < -0.3 is 10.5 Å².